The average molecular weight is 296 g/mol. The maximum absolute atomic E-state index is 12.1. The van der Waals surface area contributed by atoms with E-state index in [1.807, 2.05) is 0 Å². The zero-order valence-electron chi connectivity index (χ0n) is 11.6. The van der Waals surface area contributed by atoms with Crippen molar-refractivity contribution in [2.75, 3.05) is 25.9 Å². The lowest BCUT2D eigenvalue weighted by Gasteiger charge is -2.29. The molecule has 0 aliphatic carbocycles. The Kier molecular flexibility index (Phi) is 4.77. The number of amides is 1. The third-order valence-corrected chi connectivity index (χ3v) is 5.30. The molecule has 1 amide bonds. The predicted octanol–water partition coefficient (Wildman–Crippen LogP) is 0.671. The number of nitrogens with zero attached hydrogens (tertiary/aromatic N) is 1. The molecule has 1 aliphatic rings. The van der Waals surface area contributed by atoms with Crippen molar-refractivity contribution in [2.45, 2.75) is 23.8 Å². The molecule has 6 heteroatoms. The summed E-state index contributed by atoms with van der Waals surface area (Å²) in [6, 6.07) is 8.53. The number of benzene rings is 1. The molecule has 20 heavy (non-hydrogen) atoms. The van der Waals surface area contributed by atoms with Crippen molar-refractivity contribution in [2.24, 2.45) is 0 Å². The summed E-state index contributed by atoms with van der Waals surface area (Å²) >= 11 is 0. The molecule has 1 N–H and O–H groups in total. The van der Waals surface area contributed by atoms with Crippen LogP contribution in [0.25, 0.3) is 0 Å². The quantitative estimate of drug-likeness (QED) is 0.867. The largest absolute Gasteiger partial charge is 0.346 e. The number of likely N-dealkylation sites (tertiary alicyclic amines) is 1. The molecule has 1 unspecified atom stereocenters. The van der Waals surface area contributed by atoms with Crippen molar-refractivity contribution >= 4 is 15.7 Å². The van der Waals surface area contributed by atoms with Crippen LogP contribution in [0, 0.1) is 0 Å². The molecule has 1 aromatic carbocycles. The molecule has 1 saturated heterocycles. The van der Waals surface area contributed by atoms with Gasteiger partial charge in [-0.25, -0.2) is 8.42 Å². The number of carbonyl (C=O) groups excluding carboxylic acids is 1. The van der Waals surface area contributed by atoms with Gasteiger partial charge in [-0.1, -0.05) is 18.2 Å². The van der Waals surface area contributed by atoms with Crippen LogP contribution in [-0.4, -0.2) is 51.2 Å². The zero-order chi connectivity index (χ0) is 14.6. The molecule has 1 aliphatic heterocycles. The minimum atomic E-state index is -3.24. The lowest BCUT2D eigenvalue weighted by Crippen LogP contribution is -2.45. The van der Waals surface area contributed by atoms with Crippen molar-refractivity contribution in [3.63, 3.8) is 0 Å². The number of nitrogens with one attached hydrogen (secondary N) is 1. The number of piperidine rings is 1. The molecule has 1 aromatic rings. The summed E-state index contributed by atoms with van der Waals surface area (Å²) in [5.41, 5.74) is 0. The molecular formula is C14H20N2O3S. The number of carbonyl (C=O) groups is 1. The topological polar surface area (TPSA) is 66.5 Å². The van der Waals surface area contributed by atoms with Crippen molar-refractivity contribution in [3.05, 3.63) is 30.3 Å². The Morgan fingerprint density at radius 2 is 2.00 bits per heavy atom. The number of rotatable bonds is 5. The van der Waals surface area contributed by atoms with Crippen LogP contribution >= 0.6 is 0 Å². The van der Waals surface area contributed by atoms with Gasteiger partial charge in [0.25, 0.3) is 0 Å². The van der Waals surface area contributed by atoms with Gasteiger partial charge in [0.2, 0.25) is 5.91 Å². The fourth-order valence-electron chi connectivity index (χ4n) is 2.26. The van der Waals surface area contributed by atoms with Crippen molar-refractivity contribution in [3.8, 4) is 0 Å². The van der Waals surface area contributed by atoms with Crippen LogP contribution in [0.4, 0.5) is 0 Å². The van der Waals surface area contributed by atoms with Gasteiger partial charge in [-0.15, -0.1) is 0 Å². The molecule has 1 atom stereocenters. The van der Waals surface area contributed by atoms with Gasteiger partial charge < -0.3 is 10.2 Å². The Balaban J connectivity index is 1.83. The van der Waals surface area contributed by atoms with E-state index in [0.29, 0.717) is 17.9 Å². The molecule has 0 spiro atoms. The van der Waals surface area contributed by atoms with Crippen LogP contribution in [0.1, 0.15) is 12.8 Å². The second-order valence-electron chi connectivity index (χ2n) is 5.09. The summed E-state index contributed by atoms with van der Waals surface area (Å²) in [6.45, 7) is 1.10. The minimum Gasteiger partial charge on any atom is -0.346 e. The van der Waals surface area contributed by atoms with Gasteiger partial charge in [0, 0.05) is 32.6 Å². The van der Waals surface area contributed by atoms with E-state index in [4.69, 9.17) is 0 Å². The van der Waals surface area contributed by atoms with Crippen LogP contribution in [-0.2, 0) is 14.6 Å². The highest BCUT2D eigenvalue weighted by molar-refractivity contribution is 7.91. The monoisotopic (exact) mass is 296 g/mol. The van der Waals surface area contributed by atoms with Gasteiger partial charge in [0.1, 0.15) is 0 Å². The van der Waals surface area contributed by atoms with Gasteiger partial charge in [0.15, 0.2) is 9.84 Å². The Bertz CT molecular complexity index is 557. The highest BCUT2D eigenvalue weighted by atomic mass is 32.2. The molecule has 0 radical (unpaired) electrons. The molecular weight excluding hydrogens is 276 g/mol. The fraction of sp³-hybridized carbons (Fsp3) is 0.500. The van der Waals surface area contributed by atoms with E-state index in [1.54, 1.807) is 42.3 Å². The first-order valence-electron chi connectivity index (χ1n) is 6.74. The zero-order valence-corrected chi connectivity index (χ0v) is 12.4. The number of hydrogen-bond acceptors (Lipinski definition) is 4. The van der Waals surface area contributed by atoms with E-state index in [1.165, 1.54) is 0 Å². The first-order chi connectivity index (χ1) is 9.49. The summed E-state index contributed by atoms with van der Waals surface area (Å²) in [4.78, 5) is 13.6. The second-order valence-corrected chi connectivity index (χ2v) is 7.20. The summed E-state index contributed by atoms with van der Waals surface area (Å²) in [5.74, 6) is 0.164. The molecule has 2 rings (SSSR count). The van der Waals surface area contributed by atoms with Gasteiger partial charge >= 0.3 is 0 Å². The molecule has 110 valence electrons. The van der Waals surface area contributed by atoms with Crippen molar-refractivity contribution in [1.29, 1.82) is 0 Å². The van der Waals surface area contributed by atoms with Crippen LogP contribution in [0.2, 0.25) is 0 Å². The molecule has 0 saturated carbocycles. The molecule has 5 nitrogen and oxygen atoms in total. The fourth-order valence-corrected chi connectivity index (χ4v) is 3.45. The van der Waals surface area contributed by atoms with E-state index in [0.717, 1.165) is 13.0 Å². The summed E-state index contributed by atoms with van der Waals surface area (Å²) in [5, 5.41) is 3.17. The van der Waals surface area contributed by atoms with Gasteiger partial charge in [0.05, 0.1) is 10.6 Å². The maximum atomic E-state index is 12.1. The Labute approximate surface area is 119 Å². The van der Waals surface area contributed by atoms with Crippen LogP contribution < -0.4 is 5.32 Å². The summed E-state index contributed by atoms with van der Waals surface area (Å²) < 4.78 is 24.2. The number of hydrogen-bond donors (Lipinski definition) is 1. The second kappa shape index (κ2) is 6.37. The third kappa shape index (κ3) is 3.80. The Morgan fingerprint density at radius 3 is 2.65 bits per heavy atom. The van der Waals surface area contributed by atoms with Crippen molar-refractivity contribution in [1.82, 2.24) is 10.2 Å². The predicted molar refractivity (Wildman–Crippen MR) is 77.2 cm³/mol. The first-order valence-corrected chi connectivity index (χ1v) is 8.39. The Hall–Kier alpha value is -1.40. The summed E-state index contributed by atoms with van der Waals surface area (Å²) in [7, 11) is -1.45. The maximum Gasteiger partial charge on any atom is 0.223 e. The molecule has 1 fully saturated rings. The van der Waals surface area contributed by atoms with E-state index in [2.05, 4.69) is 5.32 Å². The van der Waals surface area contributed by atoms with Gasteiger partial charge in [-0.05, 0) is 18.6 Å². The smallest absolute Gasteiger partial charge is 0.223 e. The molecule has 0 bridgehead atoms. The van der Waals surface area contributed by atoms with Crippen LogP contribution in [0.15, 0.2) is 35.2 Å². The van der Waals surface area contributed by atoms with E-state index >= 15 is 0 Å². The van der Waals surface area contributed by atoms with E-state index in [9.17, 15) is 13.2 Å². The third-order valence-electron chi connectivity index (χ3n) is 3.57. The minimum absolute atomic E-state index is 0.0531. The normalized spacial score (nSPS) is 20.1. The van der Waals surface area contributed by atoms with Crippen LogP contribution in [0.5, 0.6) is 0 Å². The molecule has 1 heterocycles. The lowest BCUT2D eigenvalue weighted by molar-refractivity contribution is -0.132. The van der Waals surface area contributed by atoms with Crippen molar-refractivity contribution < 1.29 is 13.2 Å². The van der Waals surface area contributed by atoms with E-state index < -0.39 is 9.84 Å². The molecule has 0 aromatic heterocycles. The Morgan fingerprint density at radius 1 is 1.30 bits per heavy atom. The standard InChI is InChI=1S/C14H20N2O3S/c1-16-9-7-12(11-14(16)17)15-8-10-20(18,19)13-5-3-2-4-6-13/h2-6,12,15H,7-11H2,1H3. The van der Waals surface area contributed by atoms with E-state index in [-0.39, 0.29) is 17.7 Å². The van der Waals surface area contributed by atoms with Gasteiger partial charge in [-0.3, -0.25) is 4.79 Å². The van der Waals surface area contributed by atoms with Crippen LogP contribution in [0.3, 0.4) is 0 Å². The van der Waals surface area contributed by atoms with Gasteiger partial charge in [-0.2, -0.15) is 0 Å². The first kappa shape index (κ1) is 15.0. The highest BCUT2D eigenvalue weighted by Crippen LogP contribution is 2.11. The summed E-state index contributed by atoms with van der Waals surface area (Å²) in [6.07, 6.45) is 1.31. The highest BCUT2D eigenvalue weighted by Gasteiger charge is 2.23. The SMILES string of the molecule is CN1CCC(NCCS(=O)(=O)c2ccccc2)CC1=O. The lowest BCUT2D eigenvalue weighted by atomic mass is 10.1. The number of sulfone groups is 1. The average Bonchev–Trinajstić information content (AvgIpc) is 2.44.